The van der Waals surface area contributed by atoms with Gasteiger partial charge in [0, 0.05) is 6.54 Å². The van der Waals surface area contributed by atoms with Gasteiger partial charge in [-0.3, -0.25) is 19.4 Å². The number of carbonyl (C=O) groups is 2. The summed E-state index contributed by atoms with van der Waals surface area (Å²) in [4.78, 5) is 43.2. The number of anilines is 2. The van der Waals surface area contributed by atoms with Crippen molar-refractivity contribution in [2.75, 3.05) is 23.6 Å². The quantitative estimate of drug-likeness (QED) is 0.302. The number of aromatic nitrogens is 2. The normalized spacial score (nSPS) is 11.8. The highest BCUT2D eigenvalue weighted by molar-refractivity contribution is 7.99. The van der Waals surface area contributed by atoms with E-state index in [1.807, 2.05) is 6.07 Å². The fraction of sp³-hybridized carbons (Fsp3) is 0.143. The number of amides is 2. The van der Waals surface area contributed by atoms with Gasteiger partial charge in [-0.15, -0.1) is 0 Å². The molecule has 0 saturated carbocycles. The second-order valence-electron chi connectivity index (χ2n) is 6.82. The molecule has 3 aromatic rings. The largest absolute Gasteiger partial charge is 0.454 e. The van der Waals surface area contributed by atoms with Crippen molar-refractivity contribution in [2.24, 2.45) is 0 Å². The van der Waals surface area contributed by atoms with Crippen LogP contribution < -0.4 is 31.4 Å². The fourth-order valence-corrected chi connectivity index (χ4v) is 3.62. The van der Waals surface area contributed by atoms with Crippen molar-refractivity contribution in [3.8, 4) is 11.5 Å². The maximum Gasteiger partial charge on any atom is 0.277 e. The number of carbonyl (C=O) groups excluding carboxylic acids is 2. The minimum Gasteiger partial charge on any atom is -0.454 e. The Morgan fingerprint density at radius 1 is 1.18 bits per heavy atom. The van der Waals surface area contributed by atoms with Crippen LogP contribution in [0.2, 0.25) is 0 Å². The van der Waals surface area contributed by atoms with Gasteiger partial charge in [0.1, 0.15) is 11.5 Å². The number of nitrogens with one attached hydrogen (secondary N) is 3. The minimum absolute atomic E-state index is 0.0339. The summed E-state index contributed by atoms with van der Waals surface area (Å²) in [6.45, 7) is 0.449. The molecule has 0 aliphatic carbocycles. The van der Waals surface area contributed by atoms with E-state index in [0.29, 0.717) is 11.5 Å². The van der Waals surface area contributed by atoms with Gasteiger partial charge in [0.15, 0.2) is 22.5 Å². The summed E-state index contributed by atoms with van der Waals surface area (Å²) in [6, 6.07) is 10.7. The minimum atomic E-state index is -0.838. The van der Waals surface area contributed by atoms with Crippen LogP contribution in [0.15, 0.2) is 52.4 Å². The van der Waals surface area contributed by atoms with E-state index in [2.05, 4.69) is 20.6 Å². The Bertz CT molecular complexity index is 1280. The number of aromatic amines is 1. The van der Waals surface area contributed by atoms with Crippen molar-refractivity contribution in [3.05, 3.63) is 69.8 Å². The summed E-state index contributed by atoms with van der Waals surface area (Å²) >= 11 is 0.962. The first kappa shape index (κ1) is 22.1. The maximum atomic E-state index is 13.8. The van der Waals surface area contributed by atoms with E-state index in [0.717, 1.165) is 23.4 Å². The third-order valence-corrected chi connectivity index (χ3v) is 5.42. The number of benzene rings is 2. The summed E-state index contributed by atoms with van der Waals surface area (Å²) in [7, 11) is 0. The molecule has 1 aromatic heterocycles. The first-order valence-electron chi connectivity index (χ1n) is 9.64. The van der Waals surface area contributed by atoms with Crippen LogP contribution in [0.5, 0.6) is 11.5 Å². The van der Waals surface area contributed by atoms with Crippen LogP contribution in [0.25, 0.3) is 0 Å². The Balaban J connectivity index is 1.33. The van der Waals surface area contributed by atoms with Gasteiger partial charge in [0.05, 0.1) is 11.3 Å². The molecule has 1 aliphatic heterocycles. The number of fused-ring (bicyclic) bond motifs is 1. The summed E-state index contributed by atoms with van der Waals surface area (Å²) < 4.78 is 24.3. The number of hydrogen-bond donors (Lipinski definition) is 4. The average molecular weight is 471 g/mol. The third kappa shape index (κ3) is 5.23. The van der Waals surface area contributed by atoms with Crippen molar-refractivity contribution in [3.63, 3.8) is 0 Å². The van der Waals surface area contributed by atoms with Crippen molar-refractivity contribution in [2.45, 2.75) is 11.7 Å². The number of nitrogen functional groups attached to an aromatic ring is 1. The highest BCUT2D eigenvalue weighted by Crippen LogP contribution is 2.32. The van der Waals surface area contributed by atoms with Gasteiger partial charge >= 0.3 is 0 Å². The van der Waals surface area contributed by atoms with Gasteiger partial charge in [-0.1, -0.05) is 30.0 Å². The molecule has 2 aromatic carbocycles. The molecular weight excluding hydrogens is 453 g/mol. The van der Waals surface area contributed by atoms with Gasteiger partial charge in [-0.2, -0.15) is 0 Å². The van der Waals surface area contributed by atoms with Crippen molar-refractivity contribution < 1.29 is 23.5 Å². The van der Waals surface area contributed by atoms with E-state index in [-0.39, 0.29) is 47.2 Å². The van der Waals surface area contributed by atoms with Crippen LogP contribution in [0, 0.1) is 5.82 Å². The molecule has 0 radical (unpaired) electrons. The van der Waals surface area contributed by atoms with Crippen molar-refractivity contribution in [1.29, 1.82) is 0 Å². The Labute approximate surface area is 190 Å². The molecule has 12 heteroatoms. The molecule has 5 N–H and O–H groups in total. The highest BCUT2D eigenvalue weighted by atomic mass is 32.2. The molecular formula is C21H18FN5O5S. The molecule has 2 heterocycles. The molecule has 0 bridgehead atoms. The predicted octanol–water partition coefficient (Wildman–Crippen LogP) is 1.88. The van der Waals surface area contributed by atoms with E-state index >= 15 is 0 Å². The zero-order chi connectivity index (χ0) is 23.4. The van der Waals surface area contributed by atoms with Crippen LogP contribution in [0.4, 0.5) is 15.9 Å². The second-order valence-corrected chi connectivity index (χ2v) is 7.78. The summed E-state index contributed by atoms with van der Waals surface area (Å²) in [5.74, 6) is -0.888. The zero-order valence-corrected chi connectivity index (χ0v) is 17.8. The molecule has 2 amide bonds. The number of ether oxygens (including phenoxy) is 2. The first-order valence-corrected chi connectivity index (χ1v) is 10.6. The lowest BCUT2D eigenvalue weighted by Crippen LogP contribution is -2.25. The number of H-pyrrole nitrogens is 1. The maximum absolute atomic E-state index is 13.8. The second kappa shape index (κ2) is 9.61. The number of hydrogen-bond acceptors (Lipinski definition) is 8. The van der Waals surface area contributed by atoms with Gasteiger partial charge in [-0.05, 0) is 29.8 Å². The van der Waals surface area contributed by atoms with E-state index < -0.39 is 17.3 Å². The van der Waals surface area contributed by atoms with Crippen LogP contribution in [-0.4, -0.2) is 34.3 Å². The molecule has 0 spiro atoms. The van der Waals surface area contributed by atoms with Gasteiger partial charge in [0.2, 0.25) is 12.7 Å². The Hall–Kier alpha value is -4.06. The molecule has 0 fully saturated rings. The molecule has 4 rings (SSSR count). The standard InChI is InChI=1S/C21H18FN5O5S/c22-13-4-2-1-3-12(13)19(29)25-17-18(23)26-21(27-20(17)30)33-9-16(28)24-8-11-5-6-14-15(7-11)32-10-31-14/h1-7H,8-10H2,(H,24,28)(H,25,29)(H3,23,26,27,30). The van der Waals surface area contributed by atoms with Crippen molar-refractivity contribution >= 4 is 35.1 Å². The molecule has 0 saturated heterocycles. The van der Waals surface area contributed by atoms with Crippen LogP contribution in [0.3, 0.4) is 0 Å². The number of thioether (sulfide) groups is 1. The summed E-state index contributed by atoms with van der Waals surface area (Å²) in [6.07, 6.45) is 0. The average Bonchev–Trinajstić information content (AvgIpc) is 3.27. The Morgan fingerprint density at radius 3 is 2.76 bits per heavy atom. The highest BCUT2D eigenvalue weighted by Gasteiger charge is 2.17. The lowest BCUT2D eigenvalue weighted by atomic mass is 10.2. The predicted molar refractivity (Wildman–Crippen MR) is 119 cm³/mol. The van der Waals surface area contributed by atoms with Crippen LogP contribution >= 0.6 is 11.8 Å². The van der Waals surface area contributed by atoms with Crippen molar-refractivity contribution in [1.82, 2.24) is 15.3 Å². The Morgan fingerprint density at radius 2 is 1.97 bits per heavy atom. The molecule has 0 atom stereocenters. The molecule has 170 valence electrons. The van der Waals surface area contributed by atoms with E-state index in [1.165, 1.54) is 18.2 Å². The van der Waals surface area contributed by atoms with Gasteiger partial charge < -0.3 is 25.8 Å². The van der Waals surface area contributed by atoms with Crippen LogP contribution in [0.1, 0.15) is 15.9 Å². The lowest BCUT2D eigenvalue weighted by Gasteiger charge is -2.09. The zero-order valence-electron chi connectivity index (χ0n) is 17.0. The monoisotopic (exact) mass is 471 g/mol. The van der Waals surface area contributed by atoms with Crippen LogP contribution in [-0.2, 0) is 11.3 Å². The number of halogens is 1. The molecule has 0 unspecified atom stereocenters. The third-order valence-electron chi connectivity index (χ3n) is 4.55. The van der Waals surface area contributed by atoms with E-state index in [1.54, 1.807) is 12.1 Å². The SMILES string of the molecule is Nc1nc(SCC(=O)NCc2ccc3c(c2)OCO3)[nH]c(=O)c1NC(=O)c1ccccc1F. The Kier molecular flexibility index (Phi) is 6.45. The molecule has 33 heavy (non-hydrogen) atoms. The van der Waals surface area contributed by atoms with E-state index in [9.17, 15) is 18.8 Å². The molecule has 10 nitrogen and oxygen atoms in total. The van der Waals surface area contributed by atoms with Gasteiger partial charge in [-0.25, -0.2) is 9.37 Å². The topological polar surface area (TPSA) is 148 Å². The fourth-order valence-electron chi connectivity index (χ4n) is 2.92. The smallest absolute Gasteiger partial charge is 0.277 e. The number of nitrogens with zero attached hydrogens (tertiary/aromatic N) is 1. The molecule has 1 aliphatic rings. The first-order chi connectivity index (χ1) is 15.9. The van der Waals surface area contributed by atoms with E-state index in [4.69, 9.17) is 15.2 Å². The summed E-state index contributed by atoms with van der Waals surface area (Å²) in [5, 5.41) is 5.11. The van der Waals surface area contributed by atoms with Gasteiger partial charge in [0.25, 0.3) is 11.5 Å². The number of nitrogens with two attached hydrogens (primary N) is 1. The number of rotatable bonds is 7. The summed E-state index contributed by atoms with van der Waals surface area (Å²) in [5.41, 5.74) is 5.36. The lowest BCUT2D eigenvalue weighted by molar-refractivity contribution is -0.118.